The number of nitrogens with one attached hydrogen (secondary N) is 1. The molecule has 1 amide bonds. The average Bonchev–Trinajstić information content (AvgIpc) is 2.48. The zero-order valence-corrected chi connectivity index (χ0v) is 12.7. The summed E-state index contributed by atoms with van der Waals surface area (Å²) in [6.07, 6.45) is -1.58. The molecular weight excluding hydrogens is 303 g/mol. The van der Waals surface area contributed by atoms with Gasteiger partial charge < -0.3 is 5.32 Å². The summed E-state index contributed by atoms with van der Waals surface area (Å²) in [7, 11) is 0. The van der Waals surface area contributed by atoms with E-state index in [2.05, 4.69) is 5.32 Å². The topological polar surface area (TPSA) is 29.1 Å². The summed E-state index contributed by atoms with van der Waals surface area (Å²) in [5, 5.41) is 2.78. The van der Waals surface area contributed by atoms with Gasteiger partial charge in [-0.05, 0) is 48.7 Å². The highest BCUT2D eigenvalue weighted by atomic mass is 19.4. The van der Waals surface area contributed by atoms with Crippen molar-refractivity contribution in [1.82, 2.24) is 0 Å². The molecule has 0 bridgehead atoms. The third-order valence-corrected chi connectivity index (χ3v) is 3.39. The van der Waals surface area contributed by atoms with Crippen molar-refractivity contribution in [1.29, 1.82) is 0 Å². The molecule has 2 nitrogen and oxygen atoms in total. The lowest BCUT2D eigenvalue weighted by atomic mass is 10.1. The molecule has 0 aliphatic carbocycles. The Balaban J connectivity index is 2.07. The third-order valence-electron chi connectivity index (χ3n) is 3.39. The lowest BCUT2D eigenvalue weighted by Crippen LogP contribution is -2.10. The minimum atomic E-state index is -4.36. The molecule has 0 saturated heterocycles. The molecule has 0 heterocycles. The molecule has 0 saturated carbocycles. The highest BCUT2D eigenvalue weighted by molar-refractivity contribution is 6.02. The molecule has 0 atom stereocenters. The van der Waals surface area contributed by atoms with E-state index in [4.69, 9.17) is 0 Å². The maximum absolute atomic E-state index is 12.5. The molecule has 5 heteroatoms. The molecule has 0 spiro atoms. The van der Waals surface area contributed by atoms with Crippen LogP contribution in [0.25, 0.3) is 6.08 Å². The summed E-state index contributed by atoms with van der Waals surface area (Å²) >= 11 is 0. The number of hydrogen-bond acceptors (Lipinski definition) is 1. The van der Waals surface area contributed by atoms with Gasteiger partial charge in [0, 0.05) is 11.8 Å². The van der Waals surface area contributed by atoms with E-state index in [0.717, 1.165) is 28.9 Å². The predicted octanol–water partition coefficient (Wildman–Crippen LogP) is 4.97. The maximum Gasteiger partial charge on any atom is 0.416 e. The standard InChI is InChI=1S/C18H16F3NO/c1-12-4-3-5-13(2)17(12)22-16(23)11-8-14-6-9-15(10-7-14)18(19,20)21/h3-11H,1-2H3,(H,22,23). The summed E-state index contributed by atoms with van der Waals surface area (Å²) < 4.78 is 37.4. The van der Waals surface area contributed by atoms with Crippen molar-refractivity contribution in [3.63, 3.8) is 0 Å². The lowest BCUT2D eigenvalue weighted by molar-refractivity contribution is -0.137. The minimum Gasteiger partial charge on any atom is -0.322 e. The average molecular weight is 319 g/mol. The van der Waals surface area contributed by atoms with Crippen LogP contribution in [0, 0.1) is 13.8 Å². The Morgan fingerprint density at radius 2 is 1.57 bits per heavy atom. The number of halogens is 3. The van der Waals surface area contributed by atoms with Crippen LogP contribution in [0.15, 0.2) is 48.5 Å². The second kappa shape index (κ2) is 6.69. The van der Waals surface area contributed by atoms with Gasteiger partial charge in [-0.2, -0.15) is 13.2 Å². The van der Waals surface area contributed by atoms with E-state index in [1.54, 1.807) is 0 Å². The molecule has 0 aliphatic rings. The maximum atomic E-state index is 12.5. The molecule has 2 aromatic rings. The van der Waals surface area contributed by atoms with Crippen molar-refractivity contribution >= 4 is 17.7 Å². The Morgan fingerprint density at radius 3 is 2.09 bits per heavy atom. The molecule has 0 aromatic heterocycles. The van der Waals surface area contributed by atoms with E-state index < -0.39 is 11.7 Å². The van der Waals surface area contributed by atoms with Crippen molar-refractivity contribution in [2.45, 2.75) is 20.0 Å². The highest BCUT2D eigenvalue weighted by Crippen LogP contribution is 2.29. The van der Waals surface area contributed by atoms with Gasteiger partial charge in [-0.25, -0.2) is 0 Å². The molecule has 0 fully saturated rings. The van der Waals surface area contributed by atoms with Gasteiger partial charge in [-0.3, -0.25) is 4.79 Å². The number of amides is 1. The number of hydrogen-bond donors (Lipinski definition) is 1. The number of carbonyl (C=O) groups is 1. The normalized spacial score (nSPS) is 11.7. The Bertz CT molecular complexity index is 711. The Kier molecular flexibility index (Phi) is 4.89. The summed E-state index contributed by atoms with van der Waals surface area (Å²) in [5.74, 6) is -0.331. The van der Waals surface area contributed by atoms with Crippen molar-refractivity contribution in [3.05, 3.63) is 70.8 Å². The van der Waals surface area contributed by atoms with Gasteiger partial charge in [0.15, 0.2) is 0 Å². The van der Waals surface area contributed by atoms with Crippen LogP contribution in [0.1, 0.15) is 22.3 Å². The van der Waals surface area contributed by atoms with Crippen LogP contribution in [0.3, 0.4) is 0 Å². The molecule has 120 valence electrons. The van der Waals surface area contributed by atoms with E-state index in [-0.39, 0.29) is 5.91 Å². The van der Waals surface area contributed by atoms with Gasteiger partial charge in [0.1, 0.15) is 0 Å². The monoisotopic (exact) mass is 319 g/mol. The van der Waals surface area contributed by atoms with Crippen molar-refractivity contribution in [3.8, 4) is 0 Å². The van der Waals surface area contributed by atoms with Crippen molar-refractivity contribution in [2.24, 2.45) is 0 Å². The fourth-order valence-corrected chi connectivity index (χ4v) is 2.13. The van der Waals surface area contributed by atoms with Crippen LogP contribution in [-0.2, 0) is 11.0 Å². The Labute approximate surface area is 132 Å². The third kappa shape index (κ3) is 4.45. The van der Waals surface area contributed by atoms with Gasteiger partial charge in [-0.15, -0.1) is 0 Å². The van der Waals surface area contributed by atoms with Gasteiger partial charge in [0.25, 0.3) is 0 Å². The number of anilines is 1. The van der Waals surface area contributed by atoms with Crippen LogP contribution < -0.4 is 5.32 Å². The van der Waals surface area contributed by atoms with Gasteiger partial charge in [-0.1, -0.05) is 30.3 Å². The second-order valence-electron chi connectivity index (χ2n) is 5.21. The quantitative estimate of drug-likeness (QED) is 0.795. The van der Waals surface area contributed by atoms with E-state index in [9.17, 15) is 18.0 Å². The van der Waals surface area contributed by atoms with Crippen molar-refractivity contribution < 1.29 is 18.0 Å². The largest absolute Gasteiger partial charge is 0.416 e. The molecule has 23 heavy (non-hydrogen) atoms. The molecular formula is C18H16F3NO. The van der Waals surface area contributed by atoms with E-state index in [1.807, 2.05) is 32.0 Å². The molecule has 2 rings (SSSR count). The van der Waals surface area contributed by atoms with Gasteiger partial charge in [0.2, 0.25) is 5.91 Å². The van der Waals surface area contributed by atoms with Gasteiger partial charge in [0.05, 0.1) is 5.56 Å². The van der Waals surface area contributed by atoms with Gasteiger partial charge >= 0.3 is 6.18 Å². The van der Waals surface area contributed by atoms with Crippen LogP contribution in [-0.4, -0.2) is 5.91 Å². The fourth-order valence-electron chi connectivity index (χ4n) is 2.13. The highest BCUT2D eigenvalue weighted by Gasteiger charge is 2.29. The van der Waals surface area contributed by atoms with E-state index >= 15 is 0 Å². The molecule has 1 N–H and O–H groups in total. The molecule has 0 aliphatic heterocycles. The first-order valence-electron chi connectivity index (χ1n) is 7.00. The Hall–Kier alpha value is -2.56. The number of alkyl halides is 3. The minimum absolute atomic E-state index is 0.331. The van der Waals surface area contributed by atoms with E-state index in [0.29, 0.717) is 5.56 Å². The zero-order chi connectivity index (χ0) is 17.0. The smallest absolute Gasteiger partial charge is 0.322 e. The summed E-state index contributed by atoms with van der Waals surface area (Å²) in [6.45, 7) is 3.78. The first-order valence-corrected chi connectivity index (χ1v) is 7.00. The number of para-hydroxylation sites is 1. The summed E-state index contributed by atoms with van der Waals surface area (Å²) in [4.78, 5) is 11.9. The lowest BCUT2D eigenvalue weighted by Gasteiger charge is -2.09. The first-order chi connectivity index (χ1) is 10.8. The van der Waals surface area contributed by atoms with Crippen LogP contribution in [0.5, 0.6) is 0 Å². The van der Waals surface area contributed by atoms with Crippen molar-refractivity contribution in [2.75, 3.05) is 5.32 Å². The van der Waals surface area contributed by atoms with E-state index in [1.165, 1.54) is 24.3 Å². The summed E-state index contributed by atoms with van der Waals surface area (Å²) in [5.41, 5.74) is 2.45. The number of benzene rings is 2. The number of rotatable bonds is 3. The Morgan fingerprint density at radius 1 is 1.00 bits per heavy atom. The second-order valence-corrected chi connectivity index (χ2v) is 5.21. The SMILES string of the molecule is Cc1cccc(C)c1NC(=O)C=Cc1ccc(C(F)(F)F)cc1. The van der Waals surface area contributed by atoms with Crippen LogP contribution in [0.2, 0.25) is 0 Å². The predicted molar refractivity (Wildman–Crippen MR) is 85.0 cm³/mol. The number of aryl methyl sites for hydroxylation is 2. The van der Waals surface area contributed by atoms with Crippen LogP contribution >= 0.6 is 0 Å². The summed E-state index contributed by atoms with van der Waals surface area (Å²) in [6, 6.07) is 10.3. The van der Waals surface area contributed by atoms with Crippen LogP contribution in [0.4, 0.5) is 18.9 Å². The molecule has 2 aromatic carbocycles. The fraction of sp³-hybridized carbons (Fsp3) is 0.167. The number of carbonyl (C=O) groups excluding carboxylic acids is 1. The molecule has 0 unspecified atom stereocenters. The molecule has 0 radical (unpaired) electrons. The first kappa shape index (κ1) is 16.8. The zero-order valence-electron chi connectivity index (χ0n) is 12.7.